The van der Waals surface area contributed by atoms with Crippen molar-refractivity contribution in [1.82, 2.24) is 20.4 Å². The van der Waals surface area contributed by atoms with Gasteiger partial charge in [0.15, 0.2) is 11.6 Å². The Bertz CT molecular complexity index is 1840. The van der Waals surface area contributed by atoms with Gasteiger partial charge in [-0.3, -0.25) is 9.80 Å². The smallest absolute Gasteiger partial charge is 0.166 e. The van der Waals surface area contributed by atoms with Crippen LogP contribution in [-0.4, -0.2) is 74.2 Å². The molecule has 0 radical (unpaired) electrons. The lowest BCUT2D eigenvalue weighted by atomic mass is 10.1. The molecule has 4 aromatic carbocycles. The van der Waals surface area contributed by atoms with Crippen LogP contribution in [0.3, 0.4) is 0 Å². The summed E-state index contributed by atoms with van der Waals surface area (Å²) in [5.41, 5.74) is 5.83. The van der Waals surface area contributed by atoms with E-state index in [1.807, 2.05) is 32.3 Å². The van der Waals surface area contributed by atoms with E-state index in [0.29, 0.717) is 40.0 Å². The van der Waals surface area contributed by atoms with Crippen LogP contribution >= 0.6 is 11.6 Å². The molecular weight excluding hydrogens is 675 g/mol. The summed E-state index contributed by atoms with van der Waals surface area (Å²) in [6.07, 6.45) is 3.92. The SMILES string of the molecule is CNC1CCN([C@@H]2Cc3ccccc3[C@H]2Oc2ccc(C#N)cc2Cl)C1.CNC1CCN([C@@H]2Cc3ccccc3[C@H]2Oc2ccc(C#N)cc2F)C1. The summed E-state index contributed by atoms with van der Waals surface area (Å²) in [6.45, 7) is 4.10. The maximum absolute atomic E-state index is 14.4. The number of likely N-dealkylation sites (N-methyl/N-ethyl adjacent to an activating group) is 2. The highest BCUT2D eigenvalue weighted by molar-refractivity contribution is 6.32. The Morgan fingerprint density at radius 1 is 0.692 bits per heavy atom. The largest absolute Gasteiger partial charge is 0.482 e. The Morgan fingerprint density at radius 2 is 1.17 bits per heavy atom. The first-order chi connectivity index (χ1) is 25.4. The highest BCUT2D eigenvalue weighted by Crippen LogP contribution is 2.42. The molecule has 0 bridgehead atoms. The van der Waals surface area contributed by atoms with Gasteiger partial charge in [-0.25, -0.2) is 4.39 Å². The third-order valence-corrected chi connectivity index (χ3v) is 11.4. The number of benzene rings is 4. The van der Waals surface area contributed by atoms with Crippen molar-refractivity contribution in [3.05, 3.63) is 129 Å². The fourth-order valence-electron chi connectivity index (χ4n) is 8.25. The van der Waals surface area contributed by atoms with E-state index in [-0.39, 0.29) is 24.0 Å². The van der Waals surface area contributed by atoms with Gasteiger partial charge >= 0.3 is 0 Å². The molecule has 0 spiro atoms. The maximum atomic E-state index is 14.4. The molecule has 2 aliphatic heterocycles. The molecule has 4 aromatic rings. The van der Waals surface area contributed by atoms with Crippen molar-refractivity contribution >= 4 is 11.6 Å². The molecule has 2 saturated heterocycles. The molecule has 52 heavy (non-hydrogen) atoms. The van der Waals surface area contributed by atoms with E-state index in [1.165, 1.54) is 22.8 Å². The molecule has 0 amide bonds. The van der Waals surface area contributed by atoms with E-state index < -0.39 is 5.82 Å². The van der Waals surface area contributed by atoms with Crippen molar-refractivity contribution in [3.63, 3.8) is 0 Å². The molecule has 2 fully saturated rings. The van der Waals surface area contributed by atoms with Gasteiger partial charge in [0.2, 0.25) is 0 Å². The molecule has 10 heteroatoms. The first-order valence-electron chi connectivity index (χ1n) is 18.1. The summed E-state index contributed by atoms with van der Waals surface area (Å²) in [4.78, 5) is 4.98. The zero-order chi connectivity index (χ0) is 36.2. The lowest BCUT2D eigenvalue weighted by Crippen LogP contribution is -2.40. The number of rotatable bonds is 8. The van der Waals surface area contributed by atoms with Crippen molar-refractivity contribution in [2.75, 3.05) is 40.3 Å². The van der Waals surface area contributed by atoms with E-state index in [9.17, 15) is 4.39 Å². The molecule has 268 valence electrons. The predicted molar refractivity (Wildman–Crippen MR) is 200 cm³/mol. The molecule has 6 atom stereocenters. The number of fused-ring (bicyclic) bond motifs is 2. The van der Waals surface area contributed by atoms with E-state index in [2.05, 4.69) is 62.9 Å². The monoisotopic (exact) mass is 718 g/mol. The van der Waals surface area contributed by atoms with Crippen LogP contribution in [0.15, 0.2) is 84.9 Å². The quantitative estimate of drug-likeness (QED) is 0.211. The molecule has 8 nitrogen and oxygen atoms in total. The Labute approximate surface area is 310 Å². The molecule has 2 aliphatic carbocycles. The predicted octanol–water partition coefficient (Wildman–Crippen LogP) is 6.59. The van der Waals surface area contributed by atoms with Gasteiger partial charge in [0.25, 0.3) is 0 Å². The van der Waals surface area contributed by atoms with Crippen LogP contribution in [0.1, 0.15) is 58.4 Å². The summed E-state index contributed by atoms with van der Waals surface area (Å²) in [5.74, 6) is 0.364. The topological polar surface area (TPSA) is 96.6 Å². The number of hydrogen-bond donors (Lipinski definition) is 2. The number of ether oxygens (including phenoxy) is 2. The zero-order valence-corrected chi connectivity index (χ0v) is 30.3. The Hall–Kier alpha value is -4.48. The van der Waals surface area contributed by atoms with Crippen LogP contribution < -0.4 is 20.1 Å². The number of nitriles is 2. The molecule has 2 heterocycles. The van der Waals surface area contributed by atoms with Gasteiger partial charge in [-0.2, -0.15) is 10.5 Å². The van der Waals surface area contributed by atoms with Gasteiger partial charge in [-0.15, -0.1) is 0 Å². The highest BCUT2D eigenvalue weighted by Gasteiger charge is 2.42. The number of hydrogen-bond acceptors (Lipinski definition) is 8. The van der Waals surface area contributed by atoms with Crippen molar-refractivity contribution < 1.29 is 13.9 Å². The molecule has 4 aliphatic rings. The van der Waals surface area contributed by atoms with Crippen molar-refractivity contribution in [1.29, 1.82) is 10.5 Å². The summed E-state index contributed by atoms with van der Waals surface area (Å²) in [5, 5.41) is 25.2. The molecule has 2 unspecified atom stereocenters. The van der Waals surface area contributed by atoms with Crippen molar-refractivity contribution in [3.8, 4) is 23.6 Å². The molecule has 2 N–H and O–H groups in total. The lowest BCUT2D eigenvalue weighted by molar-refractivity contribution is 0.0893. The van der Waals surface area contributed by atoms with Crippen molar-refractivity contribution in [2.24, 2.45) is 0 Å². The highest BCUT2D eigenvalue weighted by atomic mass is 35.5. The zero-order valence-electron chi connectivity index (χ0n) is 29.6. The van der Waals surface area contributed by atoms with E-state index in [4.69, 9.17) is 31.6 Å². The second kappa shape index (κ2) is 16.0. The van der Waals surface area contributed by atoms with Gasteiger partial charge in [0, 0.05) is 38.3 Å². The van der Waals surface area contributed by atoms with Crippen molar-refractivity contribution in [2.45, 2.75) is 62.1 Å². The maximum Gasteiger partial charge on any atom is 0.166 e. The summed E-state index contributed by atoms with van der Waals surface area (Å²) in [7, 11) is 4.03. The van der Waals surface area contributed by atoms with Gasteiger partial charge in [0.05, 0.1) is 40.4 Å². The normalized spacial score (nSPS) is 25.0. The second-order valence-electron chi connectivity index (χ2n) is 14.1. The van der Waals surface area contributed by atoms with Gasteiger partial charge < -0.3 is 20.1 Å². The summed E-state index contributed by atoms with van der Waals surface area (Å²) < 4.78 is 27.0. The molecular formula is C42H44ClFN6O2. The molecule has 8 rings (SSSR count). The van der Waals surface area contributed by atoms with Crippen LogP contribution in [0, 0.1) is 28.5 Å². The first kappa shape index (κ1) is 35.9. The van der Waals surface area contributed by atoms with E-state index in [1.54, 1.807) is 30.3 Å². The molecule has 0 saturated carbocycles. The van der Waals surface area contributed by atoms with Crippen LogP contribution in [-0.2, 0) is 12.8 Å². The van der Waals surface area contributed by atoms with E-state index >= 15 is 0 Å². The second-order valence-corrected chi connectivity index (χ2v) is 14.5. The van der Waals surface area contributed by atoms with Gasteiger partial charge in [-0.05, 0) is 98.4 Å². The minimum atomic E-state index is -0.485. The summed E-state index contributed by atoms with van der Waals surface area (Å²) >= 11 is 6.37. The standard InChI is InChI=1S/C21H22ClN3O.C21H22FN3O/c2*1-24-16-8-9-25(13-16)19-11-15-4-2-3-5-17(15)21(19)26-20-7-6-14(12-23)10-18(20)22/h2*2-7,10,16,19,21,24H,8-9,11,13H2,1H3/t2*16?,19-,21-/m11/s1. The summed E-state index contributed by atoms with van der Waals surface area (Å²) in [6, 6.07) is 32.0. The third kappa shape index (κ3) is 7.52. The molecule has 0 aromatic heterocycles. The van der Waals surface area contributed by atoms with E-state index in [0.717, 1.165) is 57.4 Å². The van der Waals surface area contributed by atoms with Gasteiger partial charge in [0.1, 0.15) is 18.0 Å². The average Bonchev–Trinajstić information content (AvgIpc) is 3.99. The number of likely N-dealkylation sites (tertiary alicyclic amines) is 2. The number of nitrogens with one attached hydrogen (secondary N) is 2. The lowest BCUT2D eigenvalue weighted by Gasteiger charge is -2.30. The number of halogens is 2. The fraction of sp³-hybridized carbons (Fsp3) is 0.381. The van der Waals surface area contributed by atoms with Crippen LogP contribution in [0.5, 0.6) is 11.5 Å². The Kier molecular flexibility index (Phi) is 11.1. The average molecular weight is 719 g/mol. The Morgan fingerprint density at radius 3 is 1.63 bits per heavy atom. The Balaban J connectivity index is 0.000000162. The minimum absolute atomic E-state index is 0.0489. The third-order valence-electron chi connectivity index (χ3n) is 11.1. The minimum Gasteiger partial charge on any atom is -0.482 e. The van der Waals surface area contributed by atoms with Crippen LogP contribution in [0.4, 0.5) is 4.39 Å². The first-order valence-corrected chi connectivity index (χ1v) is 18.5. The van der Waals surface area contributed by atoms with Crippen LogP contribution in [0.2, 0.25) is 5.02 Å². The van der Waals surface area contributed by atoms with Gasteiger partial charge in [-0.1, -0.05) is 60.1 Å². The van der Waals surface area contributed by atoms with Crippen LogP contribution in [0.25, 0.3) is 0 Å². The fourth-order valence-corrected chi connectivity index (χ4v) is 8.48. The number of nitrogens with zero attached hydrogens (tertiary/aromatic N) is 4.